The molecular formula is C14H18N4S. The molecule has 2 aromatic heterocycles. The molecule has 0 saturated carbocycles. The van der Waals surface area contributed by atoms with Gasteiger partial charge in [0.1, 0.15) is 16.5 Å². The number of fused-ring (bicyclic) bond motifs is 2. The molecule has 2 saturated heterocycles. The average molecular weight is 274 g/mol. The van der Waals surface area contributed by atoms with Gasteiger partial charge in [0.15, 0.2) is 0 Å². The maximum absolute atomic E-state index is 4.71. The Labute approximate surface area is 117 Å². The zero-order valence-electron chi connectivity index (χ0n) is 11.3. The van der Waals surface area contributed by atoms with Crippen LogP contribution in [0.5, 0.6) is 0 Å². The van der Waals surface area contributed by atoms with Crippen molar-refractivity contribution in [3.05, 3.63) is 17.3 Å². The standard InChI is InChI=1S/C14H18N4S/c1-9-15-13(11-4-6-19-14(11)16-9)18-7-10-3-5-17(2)12(10)8-18/h4,6,10,12H,3,5,7-8H2,1-2H3/t10-,12+/m0/s1. The molecular weight excluding hydrogens is 256 g/mol. The lowest BCUT2D eigenvalue weighted by atomic mass is 10.1. The van der Waals surface area contributed by atoms with Crippen LogP contribution in [0.1, 0.15) is 12.2 Å². The van der Waals surface area contributed by atoms with Gasteiger partial charge in [0.05, 0.1) is 5.39 Å². The molecule has 4 nitrogen and oxygen atoms in total. The molecule has 0 aliphatic carbocycles. The molecule has 2 aliphatic rings. The van der Waals surface area contributed by atoms with Gasteiger partial charge in [-0.05, 0) is 44.3 Å². The second kappa shape index (κ2) is 4.15. The average Bonchev–Trinajstić information content (AvgIpc) is 3.05. The Bertz CT molecular complexity index is 623. The highest BCUT2D eigenvalue weighted by atomic mass is 32.1. The molecule has 5 heteroatoms. The summed E-state index contributed by atoms with van der Waals surface area (Å²) in [6.45, 7) is 5.50. The molecule has 0 spiro atoms. The van der Waals surface area contributed by atoms with Crippen LogP contribution in [0.25, 0.3) is 10.2 Å². The van der Waals surface area contributed by atoms with Crippen molar-refractivity contribution >= 4 is 27.4 Å². The molecule has 4 rings (SSSR count). The minimum atomic E-state index is 0.712. The Balaban J connectivity index is 1.74. The number of likely N-dealkylation sites (N-methyl/N-ethyl adjacent to an activating group) is 1. The van der Waals surface area contributed by atoms with Crippen LogP contribution in [0.15, 0.2) is 11.4 Å². The Morgan fingerprint density at radius 1 is 1.32 bits per heavy atom. The van der Waals surface area contributed by atoms with Gasteiger partial charge < -0.3 is 9.80 Å². The van der Waals surface area contributed by atoms with Gasteiger partial charge in [-0.15, -0.1) is 11.3 Å². The van der Waals surface area contributed by atoms with Crippen molar-refractivity contribution in [2.75, 3.05) is 31.6 Å². The maximum Gasteiger partial charge on any atom is 0.141 e. The summed E-state index contributed by atoms with van der Waals surface area (Å²) in [7, 11) is 2.25. The smallest absolute Gasteiger partial charge is 0.141 e. The third kappa shape index (κ3) is 1.75. The van der Waals surface area contributed by atoms with Gasteiger partial charge in [-0.3, -0.25) is 0 Å². The maximum atomic E-state index is 4.71. The third-order valence-corrected chi connectivity index (χ3v) is 5.35. The summed E-state index contributed by atoms with van der Waals surface area (Å²) >= 11 is 1.71. The zero-order valence-corrected chi connectivity index (χ0v) is 12.2. The number of hydrogen-bond donors (Lipinski definition) is 0. The lowest BCUT2D eigenvalue weighted by Crippen LogP contribution is -2.32. The van der Waals surface area contributed by atoms with Crippen molar-refractivity contribution < 1.29 is 0 Å². The number of likely N-dealkylation sites (tertiary alicyclic amines) is 1. The highest BCUT2D eigenvalue weighted by Crippen LogP contribution is 2.35. The molecule has 100 valence electrons. The summed E-state index contributed by atoms with van der Waals surface area (Å²) in [4.78, 5) is 15.3. The number of aryl methyl sites for hydroxylation is 1. The Hall–Kier alpha value is -1.20. The van der Waals surface area contributed by atoms with Gasteiger partial charge in [0.2, 0.25) is 0 Å². The summed E-state index contributed by atoms with van der Waals surface area (Å²) in [5, 5.41) is 3.34. The predicted molar refractivity (Wildman–Crippen MR) is 78.9 cm³/mol. The number of anilines is 1. The van der Waals surface area contributed by atoms with Crippen LogP contribution in [-0.4, -0.2) is 47.6 Å². The molecule has 0 aromatic carbocycles. The summed E-state index contributed by atoms with van der Waals surface area (Å²) in [6.07, 6.45) is 1.33. The molecule has 0 N–H and O–H groups in total. The number of rotatable bonds is 1. The third-order valence-electron chi connectivity index (χ3n) is 4.54. The number of thiophene rings is 1. The van der Waals surface area contributed by atoms with Crippen LogP contribution in [-0.2, 0) is 0 Å². The molecule has 0 amide bonds. The van der Waals surface area contributed by atoms with Gasteiger partial charge in [-0.25, -0.2) is 9.97 Å². The molecule has 2 aromatic rings. The van der Waals surface area contributed by atoms with Crippen molar-refractivity contribution in [1.29, 1.82) is 0 Å². The highest BCUT2D eigenvalue weighted by Gasteiger charge is 2.40. The van der Waals surface area contributed by atoms with Crippen molar-refractivity contribution in [3.8, 4) is 0 Å². The molecule has 19 heavy (non-hydrogen) atoms. The van der Waals surface area contributed by atoms with E-state index in [2.05, 4.69) is 33.3 Å². The van der Waals surface area contributed by atoms with Gasteiger partial charge >= 0.3 is 0 Å². The predicted octanol–water partition coefficient (Wildman–Crippen LogP) is 2.14. The number of nitrogens with zero attached hydrogens (tertiary/aromatic N) is 4. The first-order valence-corrected chi connectivity index (χ1v) is 7.77. The van der Waals surface area contributed by atoms with Crippen molar-refractivity contribution in [2.24, 2.45) is 5.92 Å². The van der Waals surface area contributed by atoms with Gasteiger partial charge in [0.25, 0.3) is 0 Å². The Morgan fingerprint density at radius 3 is 3.05 bits per heavy atom. The van der Waals surface area contributed by atoms with E-state index in [0.29, 0.717) is 6.04 Å². The van der Waals surface area contributed by atoms with E-state index in [1.165, 1.54) is 18.4 Å². The van der Waals surface area contributed by atoms with Crippen molar-refractivity contribution in [2.45, 2.75) is 19.4 Å². The van der Waals surface area contributed by atoms with E-state index >= 15 is 0 Å². The highest BCUT2D eigenvalue weighted by molar-refractivity contribution is 7.16. The van der Waals surface area contributed by atoms with E-state index in [4.69, 9.17) is 4.98 Å². The summed E-state index contributed by atoms with van der Waals surface area (Å²) in [5.41, 5.74) is 0. The first-order chi connectivity index (χ1) is 9.22. The first-order valence-electron chi connectivity index (χ1n) is 6.89. The summed E-state index contributed by atoms with van der Waals surface area (Å²) in [6, 6.07) is 2.87. The van der Waals surface area contributed by atoms with Gasteiger partial charge in [0, 0.05) is 19.1 Å². The molecule has 2 atom stereocenters. The fraction of sp³-hybridized carbons (Fsp3) is 0.571. The molecule has 4 heterocycles. The van der Waals surface area contributed by atoms with Crippen LogP contribution in [0.2, 0.25) is 0 Å². The van der Waals surface area contributed by atoms with E-state index < -0.39 is 0 Å². The largest absolute Gasteiger partial charge is 0.354 e. The van der Waals surface area contributed by atoms with E-state index in [1.54, 1.807) is 11.3 Å². The van der Waals surface area contributed by atoms with E-state index in [-0.39, 0.29) is 0 Å². The van der Waals surface area contributed by atoms with E-state index in [9.17, 15) is 0 Å². The monoisotopic (exact) mass is 274 g/mol. The molecule has 0 radical (unpaired) electrons. The molecule has 2 fully saturated rings. The van der Waals surface area contributed by atoms with Crippen LogP contribution in [0.4, 0.5) is 5.82 Å². The lowest BCUT2D eigenvalue weighted by molar-refractivity contribution is 0.310. The number of aromatic nitrogens is 2. The van der Waals surface area contributed by atoms with E-state index in [1.807, 2.05) is 6.92 Å². The molecule has 0 unspecified atom stereocenters. The number of hydrogen-bond acceptors (Lipinski definition) is 5. The van der Waals surface area contributed by atoms with Gasteiger partial charge in [-0.2, -0.15) is 0 Å². The van der Waals surface area contributed by atoms with Crippen LogP contribution in [0, 0.1) is 12.8 Å². The lowest BCUT2D eigenvalue weighted by Gasteiger charge is -2.22. The summed E-state index contributed by atoms with van der Waals surface area (Å²) in [5.74, 6) is 2.84. The van der Waals surface area contributed by atoms with Crippen LogP contribution in [0.3, 0.4) is 0 Å². The SMILES string of the molecule is Cc1nc(N2C[C@@H]3CCN(C)[C@@H]3C2)c2ccsc2n1. The summed E-state index contributed by atoms with van der Waals surface area (Å²) < 4.78 is 0. The minimum absolute atomic E-state index is 0.712. The van der Waals surface area contributed by atoms with Crippen LogP contribution < -0.4 is 4.90 Å². The zero-order chi connectivity index (χ0) is 13.0. The Kier molecular flexibility index (Phi) is 2.53. The minimum Gasteiger partial charge on any atom is -0.354 e. The molecule has 0 bridgehead atoms. The normalized spacial score (nSPS) is 27.4. The second-order valence-electron chi connectivity index (χ2n) is 5.74. The fourth-order valence-electron chi connectivity index (χ4n) is 3.53. The van der Waals surface area contributed by atoms with Crippen LogP contribution >= 0.6 is 11.3 Å². The topological polar surface area (TPSA) is 32.3 Å². The van der Waals surface area contributed by atoms with Crippen molar-refractivity contribution in [1.82, 2.24) is 14.9 Å². The van der Waals surface area contributed by atoms with Gasteiger partial charge in [-0.1, -0.05) is 0 Å². The fourth-order valence-corrected chi connectivity index (χ4v) is 4.33. The Morgan fingerprint density at radius 2 is 2.21 bits per heavy atom. The van der Waals surface area contributed by atoms with Crippen molar-refractivity contribution in [3.63, 3.8) is 0 Å². The quantitative estimate of drug-likeness (QED) is 0.797. The second-order valence-corrected chi connectivity index (χ2v) is 6.63. The first kappa shape index (κ1) is 11.6. The molecule has 2 aliphatic heterocycles. The van der Waals surface area contributed by atoms with E-state index in [0.717, 1.165) is 35.5 Å².